The lowest BCUT2D eigenvalue weighted by Crippen LogP contribution is -2.64. The number of methoxy groups -OCH3 is 1. The van der Waals surface area contributed by atoms with Crippen molar-refractivity contribution in [3.8, 4) is 0 Å². The van der Waals surface area contributed by atoms with E-state index < -0.39 is 0 Å². The fraction of sp³-hybridized carbons (Fsp3) is 0.952. The number of hydrogen-bond acceptors (Lipinski definition) is 4. The van der Waals surface area contributed by atoms with Crippen LogP contribution in [0.4, 0.5) is 0 Å². The highest BCUT2D eigenvalue weighted by atomic mass is 16.5. The van der Waals surface area contributed by atoms with Crippen molar-refractivity contribution in [2.45, 2.75) is 77.5 Å². The van der Waals surface area contributed by atoms with Crippen molar-refractivity contribution in [1.82, 2.24) is 10.2 Å². The molecular formula is C21H41N3O3. The molecule has 1 saturated heterocycles. The summed E-state index contributed by atoms with van der Waals surface area (Å²) >= 11 is 0. The molecule has 0 bridgehead atoms. The van der Waals surface area contributed by atoms with Gasteiger partial charge in [0.1, 0.15) is 0 Å². The van der Waals surface area contributed by atoms with Crippen LogP contribution < -0.4 is 5.32 Å². The number of nitrogens with one attached hydrogen (secondary N) is 1. The first-order valence-corrected chi connectivity index (χ1v) is 10.7. The Balaban J connectivity index is 1.72. The van der Waals surface area contributed by atoms with Crippen molar-refractivity contribution in [3.05, 3.63) is 0 Å². The molecule has 2 rings (SSSR count). The van der Waals surface area contributed by atoms with Crippen molar-refractivity contribution < 1.29 is 14.2 Å². The molecule has 0 amide bonds. The molecule has 0 radical (unpaired) electrons. The van der Waals surface area contributed by atoms with Gasteiger partial charge in [0, 0.05) is 58.5 Å². The maximum Gasteiger partial charge on any atom is 0.193 e. The van der Waals surface area contributed by atoms with Crippen LogP contribution in [-0.2, 0) is 14.2 Å². The van der Waals surface area contributed by atoms with Gasteiger partial charge in [-0.1, -0.05) is 27.2 Å². The van der Waals surface area contributed by atoms with Crippen molar-refractivity contribution in [1.29, 1.82) is 0 Å². The Morgan fingerprint density at radius 2 is 1.81 bits per heavy atom. The van der Waals surface area contributed by atoms with Gasteiger partial charge in [-0.05, 0) is 32.1 Å². The van der Waals surface area contributed by atoms with Crippen LogP contribution >= 0.6 is 0 Å². The molecule has 1 aliphatic heterocycles. The van der Waals surface area contributed by atoms with Gasteiger partial charge in [0.2, 0.25) is 0 Å². The minimum Gasteiger partial charge on any atom is -0.385 e. The quantitative estimate of drug-likeness (QED) is 0.357. The van der Waals surface area contributed by atoms with Gasteiger partial charge in [-0.25, -0.2) is 0 Å². The fourth-order valence-corrected chi connectivity index (χ4v) is 3.92. The van der Waals surface area contributed by atoms with Gasteiger partial charge in [-0.2, -0.15) is 0 Å². The maximum absolute atomic E-state index is 6.07. The van der Waals surface area contributed by atoms with E-state index in [0.29, 0.717) is 18.2 Å². The zero-order valence-corrected chi connectivity index (χ0v) is 18.1. The van der Waals surface area contributed by atoms with Crippen LogP contribution in [0.15, 0.2) is 4.99 Å². The maximum atomic E-state index is 6.07. The van der Waals surface area contributed by atoms with Gasteiger partial charge in [-0.3, -0.25) is 4.99 Å². The van der Waals surface area contributed by atoms with Gasteiger partial charge in [0.15, 0.2) is 5.96 Å². The summed E-state index contributed by atoms with van der Waals surface area (Å²) in [5.74, 6) is 1.03. The number of hydrogen-bond donors (Lipinski definition) is 1. The molecule has 6 heteroatoms. The van der Waals surface area contributed by atoms with E-state index in [4.69, 9.17) is 14.2 Å². The smallest absolute Gasteiger partial charge is 0.193 e. The second-order valence-corrected chi connectivity index (χ2v) is 8.42. The first kappa shape index (κ1) is 22.4. The highest BCUT2D eigenvalue weighted by molar-refractivity contribution is 5.80. The zero-order chi connectivity index (χ0) is 19.7. The van der Waals surface area contributed by atoms with Gasteiger partial charge in [0.05, 0.1) is 12.2 Å². The lowest BCUT2D eigenvalue weighted by atomic mass is 9.64. The number of unbranched alkanes of at least 4 members (excludes halogenated alkanes) is 1. The second kappa shape index (κ2) is 11.2. The van der Waals surface area contributed by atoms with E-state index in [-0.39, 0.29) is 5.41 Å². The number of guanidine groups is 1. The third-order valence-electron chi connectivity index (χ3n) is 6.10. The number of nitrogens with zero attached hydrogens (tertiary/aromatic N) is 2. The fourth-order valence-electron chi connectivity index (χ4n) is 3.92. The summed E-state index contributed by atoms with van der Waals surface area (Å²) in [6, 6.07) is 0.422. The van der Waals surface area contributed by atoms with Crippen molar-refractivity contribution in [2.24, 2.45) is 10.4 Å². The molecule has 1 saturated carbocycles. The van der Waals surface area contributed by atoms with Gasteiger partial charge in [0.25, 0.3) is 0 Å². The lowest BCUT2D eigenvalue weighted by molar-refractivity contribution is -0.114. The van der Waals surface area contributed by atoms with E-state index in [0.717, 1.165) is 71.0 Å². The van der Waals surface area contributed by atoms with Crippen LogP contribution in [0.3, 0.4) is 0 Å². The number of likely N-dealkylation sites (tertiary alicyclic amines) is 1. The van der Waals surface area contributed by atoms with E-state index in [2.05, 4.69) is 36.0 Å². The summed E-state index contributed by atoms with van der Waals surface area (Å²) in [6.45, 7) is 11.3. The summed E-state index contributed by atoms with van der Waals surface area (Å²) in [4.78, 5) is 6.92. The van der Waals surface area contributed by atoms with Gasteiger partial charge in [-0.15, -0.1) is 0 Å². The average Bonchev–Trinajstić information content (AvgIpc) is 2.67. The molecule has 2 fully saturated rings. The highest BCUT2D eigenvalue weighted by Gasteiger charge is 2.49. The largest absolute Gasteiger partial charge is 0.385 e. The summed E-state index contributed by atoms with van der Waals surface area (Å²) in [6.07, 6.45) is 7.21. The first-order chi connectivity index (χ1) is 13.0. The molecule has 1 N–H and O–H groups in total. The Kier molecular flexibility index (Phi) is 9.33. The molecule has 2 unspecified atom stereocenters. The summed E-state index contributed by atoms with van der Waals surface area (Å²) in [7, 11) is 3.62. The van der Waals surface area contributed by atoms with Crippen molar-refractivity contribution in [2.75, 3.05) is 47.1 Å². The third kappa shape index (κ3) is 6.33. The molecule has 0 aromatic heterocycles. The van der Waals surface area contributed by atoms with E-state index in [9.17, 15) is 0 Å². The third-order valence-corrected chi connectivity index (χ3v) is 6.10. The molecule has 0 spiro atoms. The minimum absolute atomic E-state index is 0.145. The monoisotopic (exact) mass is 383 g/mol. The number of ether oxygens (including phenoxy) is 3. The number of aliphatic imine (C=N–C) groups is 1. The molecule has 2 atom stereocenters. The normalized spacial score (nSPS) is 26.1. The zero-order valence-electron chi connectivity index (χ0n) is 18.1. The Labute approximate surface area is 166 Å². The Morgan fingerprint density at radius 3 is 2.41 bits per heavy atom. The van der Waals surface area contributed by atoms with E-state index >= 15 is 0 Å². The molecular weight excluding hydrogens is 342 g/mol. The minimum atomic E-state index is 0.145. The van der Waals surface area contributed by atoms with Crippen LogP contribution in [0.25, 0.3) is 0 Å². The summed E-state index contributed by atoms with van der Waals surface area (Å²) in [5.41, 5.74) is 0.145. The SMILES string of the molecule is CCCCOC1CC(NC(=NC)N2CCC(OCCCOC)CC2)C1(C)C. The van der Waals surface area contributed by atoms with Gasteiger partial charge < -0.3 is 24.4 Å². The highest BCUT2D eigenvalue weighted by Crippen LogP contribution is 2.43. The van der Waals surface area contributed by atoms with Gasteiger partial charge >= 0.3 is 0 Å². The molecule has 1 aliphatic carbocycles. The predicted octanol–water partition coefficient (Wildman–Crippen LogP) is 3.06. The van der Waals surface area contributed by atoms with Crippen LogP contribution in [-0.4, -0.2) is 76.2 Å². The molecule has 1 heterocycles. The summed E-state index contributed by atoms with van der Waals surface area (Å²) < 4.78 is 17.1. The number of piperidine rings is 1. The Hall–Kier alpha value is -0.850. The average molecular weight is 384 g/mol. The van der Waals surface area contributed by atoms with Crippen LogP contribution in [0.2, 0.25) is 0 Å². The Bertz CT molecular complexity index is 448. The molecule has 27 heavy (non-hydrogen) atoms. The van der Waals surface area contributed by atoms with E-state index in [1.54, 1.807) is 7.11 Å². The molecule has 158 valence electrons. The van der Waals surface area contributed by atoms with Crippen LogP contribution in [0, 0.1) is 5.41 Å². The van der Waals surface area contributed by atoms with Crippen LogP contribution in [0.5, 0.6) is 0 Å². The van der Waals surface area contributed by atoms with Crippen molar-refractivity contribution >= 4 is 5.96 Å². The molecule has 6 nitrogen and oxygen atoms in total. The molecule has 0 aromatic carbocycles. The van der Waals surface area contributed by atoms with Crippen LogP contribution in [0.1, 0.15) is 59.3 Å². The molecule has 2 aliphatic rings. The second-order valence-electron chi connectivity index (χ2n) is 8.42. The Morgan fingerprint density at radius 1 is 1.11 bits per heavy atom. The topological polar surface area (TPSA) is 55.3 Å². The lowest BCUT2D eigenvalue weighted by Gasteiger charge is -2.52. The standard InChI is InChI=1S/C21H41N3O3/c1-6-7-14-27-19-16-18(21(19,2)3)23-20(22-4)24-11-9-17(10-12-24)26-15-8-13-25-5/h17-19H,6-16H2,1-5H3,(H,22,23). The van der Waals surface area contributed by atoms with E-state index in [1.807, 2.05) is 7.05 Å². The first-order valence-electron chi connectivity index (χ1n) is 10.7. The van der Waals surface area contributed by atoms with Crippen molar-refractivity contribution in [3.63, 3.8) is 0 Å². The molecule has 0 aromatic rings. The van der Waals surface area contributed by atoms with E-state index in [1.165, 1.54) is 6.42 Å². The predicted molar refractivity (Wildman–Crippen MR) is 110 cm³/mol. The summed E-state index contributed by atoms with van der Waals surface area (Å²) in [5, 5.41) is 3.70. The number of rotatable bonds is 10.